The van der Waals surface area contributed by atoms with Crippen LogP contribution in [0.3, 0.4) is 0 Å². The highest BCUT2D eigenvalue weighted by Gasteiger charge is 2.52. The van der Waals surface area contributed by atoms with Crippen LogP contribution in [0.25, 0.3) is 0 Å². The third-order valence-electron chi connectivity index (χ3n) is 6.49. The fourth-order valence-electron chi connectivity index (χ4n) is 4.00. The van der Waals surface area contributed by atoms with Crippen molar-refractivity contribution in [2.75, 3.05) is 19.6 Å². The highest BCUT2D eigenvalue weighted by atomic mass is 19.1. The second-order valence-corrected chi connectivity index (χ2v) is 8.87. The van der Waals surface area contributed by atoms with E-state index < -0.39 is 36.6 Å². The Bertz CT molecular complexity index is 848. The SMILES string of the molecule is CC1(C)OB(c2cnc3c(c2)C(=O)N([C@H]2CN(C(=O)O)C[C@H]2F)CC3)OC1(C)C. The molecule has 2 fully saturated rings. The quantitative estimate of drug-likeness (QED) is 0.741. The summed E-state index contributed by atoms with van der Waals surface area (Å²) in [6.45, 7) is 7.85. The lowest BCUT2D eigenvalue weighted by Crippen LogP contribution is -2.50. The third-order valence-corrected chi connectivity index (χ3v) is 6.49. The number of rotatable bonds is 2. The summed E-state index contributed by atoms with van der Waals surface area (Å²) in [5.74, 6) is -0.336. The third kappa shape index (κ3) is 3.28. The van der Waals surface area contributed by atoms with E-state index in [0.29, 0.717) is 29.7 Å². The van der Waals surface area contributed by atoms with Gasteiger partial charge in [-0.2, -0.15) is 0 Å². The van der Waals surface area contributed by atoms with Gasteiger partial charge in [0.05, 0.1) is 35.0 Å². The zero-order valence-electron chi connectivity index (χ0n) is 17.0. The van der Waals surface area contributed by atoms with Crippen molar-refractivity contribution in [1.82, 2.24) is 14.8 Å². The number of alkyl halides is 1. The average molecular weight is 405 g/mol. The van der Waals surface area contributed by atoms with E-state index in [9.17, 15) is 14.0 Å². The van der Waals surface area contributed by atoms with Gasteiger partial charge in [0.2, 0.25) is 0 Å². The highest BCUT2D eigenvalue weighted by Crippen LogP contribution is 2.36. The molecule has 4 heterocycles. The number of aromatic nitrogens is 1. The molecule has 4 rings (SSSR count). The summed E-state index contributed by atoms with van der Waals surface area (Å²) in [4.78, 5) is 31.2. The van der Waals surface area contributed by atoms with Gasteiger partial charge in [0.15, 0.2) is 0 Å². The van der Waals surface area contributed by atoms with Gasteiger partial charge >= 0.3 is 13.2 Å². The van der Waals surface area contributed by atoms with Crippen molar-refractivity contribution in [3.8, 4) is 0 Å². The van der Waals surface area contributed by atoms with Crippen LogP contribution in [0.2, 0.25) is 0 Å². The van der Waals surface area contributed by atoms with E-state index in [1.165, 1.54) is 4.90 Å². The lowest BCUT2D eigenvalue weighted by molar-refractivity contribution is 0.00578. The van der Waals surface area contributed by atoms with E-state index >= 15 is 0 Å². The fraction of sp³-hybridized carbons (Fsp3) is 0.632. The van der Waals surface area contributed by atoms with Gasteiger partial charge < -0.3 is 24.2 Å². The van der Waals surface area contributed by atoms with Crippen molar-refractivity contribution in [2.24, 2.45) is 0 Å². The molecular formula is C19H25BFN3O5. The molecule has 29 heavy (non-hydrogen) atoms. The monoisotopic (exact) mass is 405 g/mol. The maximum Gasteiger partial charge on any atom is 0.496 e. The molecule has 0 saturated carbocycles. The number of halogens is 1. The van der Waals surface area contributed by atoms with Gasteiger partial charge in [-0.05, 0) is 33.8 Å². The minimum Gasteiger partial charge on any atom is -0.465 e. The summed E-state index contributed by atoms with van der Waals surface area (Å²) in [7, 11) is -0.649. The van der Waals surface area contributed by atoms with Gasteiger partial charge in [-0.3, -0.25) is 9.78 Å². The molecule has 3 aliphatic heterocycles. The van der Waals surface area contributed by atoms with Crippen molar-refractivity contribution >= 4 is 24.6 Å². The van der Waals surface area contributed by atoms with Crippen LogP contribution in [0, 0.1) is 0 Å². The Balaban J connectivity index is 1.58. The molecule has 1 aromatic rings. The lowest BCUT2D eigenvalue weighted by atomic mass is 9.79. The van der Waals surface area contributed by atoms with Crippen molar-refractivity contribution < 1.29 is 28.4 Å². The average Bonchev–Trinajstić information content (AvgIpc) is 3.12. The first kappa shape index (κ1) is 20.1. The molecule has 1 N–H and O–H groups in total. The van der Waals surface area contributed by atoms with E-state index in [1.807, 2.05) is 27.7 Å². The number of pyridine rings is 1. The molecular weight excluding hydrogens is 380 g/mol. The highest BCUT2D eigenvalue weighted by molar-refractivity contribution is 6.62. The van der Waals surface area contributed by atoms with Crippen LogP contribution in [0.1, 0.15) is 43.7 Å². The molecule has 0 unspecified atom stereocenters. The Kier molecular flexibility index (Phi) is 4.62. The molecule has 0 bridgehead atoms. The standard InChI is InChI=1S/C19H25BFN3O5/c1-18(2)19(3,4)29-20(28-18)11-7-12-14(22-8-11)5-6-24(16(12)25)15-10-23(17(26)27)9-13(15)21/h7-8,13,15H,5-6,9-10H2,1-4H3,(H,26,27)/t13-,15+/m1/s1. The van der Waals surface area contributed by atoms with E-state index in [0.717, 1.165) is 4.90 Å². The Labute approximate surface area is 169 Å². The van der Waals surface area contributed by atoms with E-state index in [1.54, 1.807) is 12.3 Å². The fourth-order valence-corrected chi connectivity index (χ4v) is 4.00. The summed E-state index contributed by atoms with van der Waals surface area (Å²) < 4.78 is 26.6. The zero-order valence-corrected chi connectivity index (χ0v) is 17.0. The van der Waals surface area contributed by atoms with E-state index in [2.05, 4.69) is 4.98 Å². The number of hydrogen-bond donors (Lipinski definition) is 1. The summed E-state index contributed by atoms with van der Waals surface area (Å²) in [6, 6.07) is 0.920. The van der Waals surface area contributed by atoms with Crippen LogP contribution < -0.4 is 5.46 Å². The number of amides is 2. The maximum atomic E-state index is 14.5. The lowest BCUT2D eigenvalue weighted by Gasteiger charge is -2.33. The first-order chi connectivity index (χ1) is 13.5. The zero-order chi connectivity index (χ0) is 21.1. The van der Waals surface area contributed by atoms with E-state index in [4.69, 9.17) is 14.4 Å². The predicted octanol–water partition coefficient (Wildman–Crippen LogP) is 1.08. The Morgan fingerprint density at radius 3 is 2.52 bits per heavy atom. The molecule has 0 aromatic carbocycles. The Morgan fingerprint density at radius 2 is 1.93 bits per heavy atom. The van der Waals surface area contributed by atoms with Crippen LogP contribution in [0.15, 0.2) is 12.3 Å². The number of nitrogens with zero attached hydrogens (tertiary/aromatic N) is 3. The molecule has 0 spiro atoms. The topological polar surface area (TPSA) is 92.2 Å². The summed E-state index contributed by atoms with van der Waals surface area (Å²) in [5, 5.41) is 9.13. The minimum atomic E-state index is -1.41. The Morgan fingerprint density at radius 1 is 1.28 bits per heavy atom. The molecule has 8 nitrogen and oxygen atoms in total. The molecule has 1 aromatic heterocycles. The van der Waals surface area contributed by atoms with Crippen molar-refractivity contribution in [3.05, 3.63) is 23.5 Å². The largest absolute Gasteiger partial charge is 0.496 e. The van der Waals surface area contributed by atoms with Crippen LogP contribution >= 0.6 is 0 Å². The number of hydrogen-bond acceptors (Lipinski definition) is 5. The Hall–Kier alpha value is -2.20. The molecule has 2 atom stereocenters. The van der Waals surface area contributed by atoms with Crippen molar-refractivity contribution in [1.29, 1.82) is 0 Å². The molecule has 0 aliphatic carbocycles. The van der Waals surface area contributed by atoms with Crippen molar-refractivity contribution in [2.45, 2.75) is 57.5 Å². The first-order valence-corrected chi connectivity index (χ1v) is 9.77. The van der Waals surface area contributed by atoms with Gasteiger partial charge in [0.25, 0.3) is 5.91 Å². The molecule has 156 valence electrons. The summed E-state index contributed by atoms with van der Waals surface area (Å²) in [6.07, 6.45) is -0.439. The smallest absolute Gasteiger partial charge is 0.465 e. The second-order valence-electron chi connectivity index (χ2n) is 8.87. The van der Waals surface area contributed by atoms with Gasteiger partial charge in [-0.25, -0.2) is 9.18 Å². The van der Waals surface area contributed by atoms with Gasteiger partial charge in [0, 0.05) is 31.2 Å². The van der Waals surface area contributed by atoms with Gasteiger partial charge in [0.1, 0.15) is 6.17 Å². The number of fused-ring (bicyclic) bond motifs is 1. The van der Waals surface area contributed by atoms with Crippen LogP contribution in [0.5, 0.6) is 0 Å². The molecule has 2 saturated heterocycles. The number of carboxylic acid groups (broad SMARTS) is 1. The molecule has 10 heteroatoms. The summed E-state index contributed by atoms with van der Waals surface area (Å²) in [5.41, 5.74) is 0.636. The number of carbonyl (C=O) groups excluding carboxylic acids is 1. The van der Waals surface area contributed by atoms with Crippen molar-refractivity contribution in [3.63, 3.8) is 0 Å². The molecule has 2 amide bonds. The van der Waals surface area contributed by atoms with Crippen LogP contribution in [-0.4, -0.2) is 82.1 Å². The van der Waals surface area contributed by atoms with Crippen LogP contribution in [0.4, 0.5) is 9.18 Å². The van der Waals surface area contributed by atoms with Gasteiger partial charge in [-0.15, -0.1) is 0 Å². The summed E-state index contributed by atoms with van der Waals surface area (Å²) >= 11 is 0. The number of likely N-dealkylation sites (tertiary alicyclic amines) is 1. The molecule has 0 radical (unpaired) electrons. The molecule has 3 aliphatic rings. The first-order valence-electron chi connectivity index (χ1n) is 9.77. The minimum absolute atomic E-state index is 0.0259. The maximum absolute atomic E-state index is 14.5. The normalized spacial score (nSPS) is 28.0. The van der Waals surface area contributed by atoms with Crippen LogP contribution in [-0.2, 0) is 15.7 Å². The van der Waals surface area contributed by atoms with Gasteiger partial charge in [-0.1, -0.05) is 0 Å². The van der Waals surface area contributed by atoms with E-state index in [-0.39, 0.29) is 19.0 Å². The number of carbonyl (C=O) groups is 2. The second kappa shape index (κ2) is 6.67. The predicted molar refractivity (Wildman–Crippen MR) is 103 cm³/mol.